The van der Waals surface area contributed by atoms with Gasteiger partial charge in [-0.15, -0.1) is 0 Å². The highest BCUT2D eigenvalue weighted by molar-refractivity contribution is 5.75. The topological polar surface area (TPSA) is 93.4 Å². The molecule has 3 aromatic heterocycles. The Morgan fingerprint density at radius 3 is 2.75 bits per heavy atom. The van der Waals surface area contributed by atoms with Gasteiger partial charge in [-0.25, -0.2) is 4.98 Å². The number of hydrogen-bond acceptors (Lipinski definition) is 5. The third-order valence-electron chi connectivity index (χ3n) is 3.71. The van der Waals surface area contributed by atoms with Gasteiger partial charge < -0.3 is 10.3 Å². The van der Waals surface area contributed by atoms with E-state index >= 15 is 0 Å². The van der Waals surface area contributed by atoms with Crippen molar-refractivity contribution in [3.05, 3.63) is 22.7 Å². The van der Waals surface area contributed by atoms with E-state index in [0.717, 1.165) is 18.5 Å². The summed E-state index contributed by atoms with van der Waals surface area (Å²) in [7, 11) is 1.84. The number of rotatable bonds is 6. The minimum Gasteiger partial charge on any atom is -0.355 e. The maximum Gasteiger partial charge on any atom is 0.280 e. The van der Waals surface area contributed by atoms with Crippen LogP contribution in [0.4, 0.5) is 5.95 Å². The number of aromatic amines is 1. The first-order valence-electron chi connectivity index (χ1n) is 8.23. The van der Waals surface area contributed by atoms with Crippen molar-refractivity contribution in [3.63, 3.8) is 0 Å². The molecule has 3 aromatic rings. The standard InChI is InChI=1S/C16H23N7O/c1-5-6-23-15(24)12-14(21-16(23)17-7-10(2)3)20-13(19-12)11-8-18-22(4)9-11/h8-10H,5-7H2,1-4H3,(H,17,21)(H,19,20). The lowest BCUT2D eigenvalue weighted by atomic mass is 10.2. The first-order valence-corrected chi connectivity index (χ1v) is 8.23. The second-order valence-electron chi connectivity index (χ2n) is 6.35. The number of aromatic nitrogens is 6. The molecule has 0 saturated heterocycles. The highest BCUT2D eigenvalue weighted by Gasteiger charge is 2.16. The maximum absolute atomic E-state index is 12.8. The maximum atomic E-state index is 12.8. The van der Waals surface area contributed by atoms with E-state index < -0.39 is 0 Å². The molecular weight excluding hydrogens is 306 g/mol. The predicted molar refractivity (Wildman–Crippen MR) is 94.0 cm³/mol. The number of imidazole rings is 1. The van der Waals surface area contributed by atoms with Crippen LogP contribution in [0.15, 0.2) is 17.2 Å². The molecule has 2 N–H and O–H groups in total. The van der Waals surface area contributed by atoms with Crippen molar-refractivity contribution in [3.8, 4) is 11.4 Å². The summed E-state index contributed by atoms with van der Waals surface area (Å²) in [6.45, 7) is 7.63. The third kappa shape index (κ3) is 3.04. The molecule has 0 amide bonds. The fourth-order valence-corrected chi connectivity index (χ4v) is 2.53. The number of anilines is 1. The molecule has 0 aliphatic heterocycles. The van der Waals surface area contributed by atoms with Crippen LogP contribution in [0.5, 0.6) is 0 Å². The Balaban J connectivity index is 2.10. The summed E-state index contributed by atoms with van der Waals surface area (Å²) < 4.78 is 3.37. The fraction of sp³-hybridized carbons (Fsp3) is 0.500. The minimum atomic E-state index is -0.101. The van der Waals surface area contributed by atoms with Crippen LogP contribution in [-0.4, -0.2) is 35.8 Å². The van der Waals surface area contributed by atoms with Crippen molar-refractivity contribution in [1.29, 1.82) is 0 Å². The number of fused-ring (bicyclic) bond motifs is 1. The van der Waals surface area contributed by atoms with E-state index in [-0.39, 0.29) is 5.56 Å². The van der Waals surface area contributed by atoms with E-state index in [0.29, 0.717) is 35.4 Å². The average Bonchev–Trinajstić information content (AvgIpc) is 3.14. The Bertz CT molecular complexity index is 903. The Labute approximate surface area is 139 Å². The van der Waals surface area contributed by atoms with E-state index in [1.165, 1.54) is 0 Å². The minimum absolute atomic E-state index is 0.101. The molecule has 0 aromatic carbocycles. The lowest BCUT2D eigenvalue weighted by molar-refractivity contribution is 0.633. The molecule has 0 saturated carbocycles. The van der Waals surface area contributed by atoms with Gasteiger partial charge in [0.05, 0.1) is 11.8 Å². The molecule has 24 heavy (non-hydrogen) atoms. The molecule has 0 aliphatic rings. The Hall–Kier alpha value is -2.64. The Morgan fingerprint density at radius 2 is 2.12 bits per heavy atom. The number of hydrogen-bond donors (Lipinski definition) is 2. The molecule has 0 aliphatic carbocycles. The number of aryl methyl sites for hydroxylation is 1. The largest absolute Gasteiger partial charge is 0.355 e. The van der Waals surface area contributed by atoms with Crippen LogP contribution >= 0.6 is 0 Å². The monoisotopic (exact) mass is 329 g/mol. The van der Waals surface area contributed by atoms with E-state index in [2.05, 4.69) is 39.2 Å². The third-order valence-corrected chi connectivity index (χ3v) is 3.71. The fourth-order valence-electron chi connectivity index (χ4n) is 2.53. The van der Waals surface area contributed by atoms with Crippen molar-refractivity contribution < 1.29 is 0 Å². The molecule has 8 nitrogen and oxygen atoms in total. The van der Waals surface area contributed by atoms with E-state index in [4.69, 9.17) is 0 Å². The van der Waals surface area contributed by atoms with Crippen LogP contribution in [0, 0.1) is 5.92 Å². The molecule has 0 radical (unpaired) electrons. The molecule has 0 spiro atoms. The van der Waals surface area contributed by atoms with Gasteiger partial charge in [-0.05, 0) is 12.3 Å². The highest BCUT2D eigenvalue weighted by Crippen LogP contribution is 2.18. The van der Waals surface area contributed by atoms with Gasteiger partial charge in [0, 0.05) is 26.3 Å². The molecule has 0 atom stereocenters. The van der Waals surface area contributed by atoms with Crippen molar-refractivity contribution in [1.82, 2.24) is 29.3 Å². The quantitative estimate of drug-likeness (QED) is 0.721. The van der Waals surface area contributed by atoms with Gasteiger partial charge in [0.1, 0.15) is 5.82 Å². The van der Waals surface area contributed by atoms with Crippen molar-refractivity contribution >= 4 is 17.1 Å². The first kappa shape index (κ1) is 16.2. The zero-order chi connectivity index (χ0) is 17.3. The second-order valence-corrected chi connectivity index (χ2v) is 6.35. The van der Waals surface area contributed by atoms with Crippen molar-refractivity contribution in [2.24, 2.45) is 13.0 Å². The Morgan fingerprint density at radius 1 is 1.33 bits per heavy atom. The number of H-pyrrole nitrogens is 1. The van der Waals surface area contributed by atoms with Gasteiger partial charge in [0.2, 0.25) is 5.95 Å². The molecule has 128 valence electrons. The smallest absolute Gasteiger partial charge is 0.280 e. The van der Waals surface area contributed by atoms with Crippen LogP contribution in [0.3, 0.4) is 0 Å². The molecular formula is C16H23N7O. The molecule has 3 rings (SSSR count). The van der Waals surface area contributed by atoms with Gasteiger partial charge >= 0.3 is 0 Å². The molecule has 0 unspecified atom stereocenters. The molecule has 0 fully saturated rings. The lowest BCUT2D eigenvalue weighted by Crippen LogP contribution is -2.26. The van der Waals surface area contributed by atoms with E-state index in [1.807, 2.05) is 20.2 Å². The van der Waals surface area contributed by atoms with Gasteiger partial charge in [0.15, 0.2) is 11.2 Å². The van der Waals surface area contributed by atoms with Crippen LogP contribution < -0.4 is 10.9 Å². The van der Waals surface area contributed by atoms with E-state index in [1.54, 1.807) is 15.4 Å². The van der Waals surface area contributed by atoms with Crippen molar-refractivity contribution in [2.75, 3.05) is 11.9 Å². The van der Waals surface area contributed by atoms with E-state index in [9.17, 15) is 4.79 Å². The summed E-state index contributed by atoms with van der Waals surface area (Å²) in [6, 6.07) is 0. The molecule has 8 heteroatoms. The van der Waals surface area contributed by atoms with Crippen LogP contribution in [0.2, 0.25) is 0 Å². The zero-order valence-electron chi connectivity index (χ0n) is 14.5. The summed E-state index contributed by atoms with van der Waals surface area (Å²) in [4.78, 5) is 25.0. The van der Waals surface area contributed by atoms with Gasteiger partial charge in [-0.3, -0.25) is 14.0 Å². The summed E-state index contributed by atoms with van der Waals surface area (Å²) in [6.07, 6.45) is 4.41. The molecule has 0 bridgehead atoms. The normalized spacial score (nSPS) is 11.5. The number of nitrogens with one attached hydrogen (secondary N) is 2. The highest BCUT2D eigenvalue weighted by atomic mass is 16.1. The van der Waals surface area contributed by atoms with Crippen LogP contribution in [0.25, 0.3) is 22.6 Å². The van der Waals surface area contributed by atoms with Gasteiger partial charge in [0.25, 0.3) is 5.56 Å². The number of nitrogens with zero attached hydrogens (tertiary/aromatic N) is 5. The van der Waals surface area contributed by atoms with Crippen LogP contribution in [-0.2, 0) is 13.6 Å². The molecule has 3 heterocycles. The van der Waals surface area contributed by atoms with Crippen LogP contribution in [0.1, 0.15) is 27.2 Å². The summed E-state index contributed by atoms with van der Waals surface area (Å²) in [5.74, 6) is 1.64. The predicted octanol–water partition coefficient (Wildman–Crippen LogP) is 2.00. The lowest BCUT2D eigenvalue weighted by Gasteiger charge is -2.13. The summed E-state index contributed by atoms with van der Waals surface area (Å²) in [5, 5.41) is 7.40. The SMILES string of the molecule is CCCn1c(NCC(C)C)nc2nc(-c3cnn(C)c3)[nH]c2c1=O. The summed E-state index contributed by atoms with van der Waals surface area (Å²) >= 11 is 0. The van der Waals surface area contributed by atoms with Gasteiger partial charge in [-0.2, -0.15) is 10.1 Å². The summed E-state index contributed by atoms with van der Waals surface area (Å²) in [5.41, 5.74) is 1.58. The van der Waals surface area contributed by atoms with Crippen molar-refractivity contribution in [2.45, 2.75) is 33.7 Å². The average molecular weight is 329 g/mol. The Kier molecular flexibility index (Phi) is 4.37. The zero-order valence-corrected chi connectivity index (χ0v) is 14.5. The first-order chi connectivity index (χ1) is 11.5. The van der Waals surface area contributed by atoms with Gasteiger partial charge in [-0.1, -0.05) is 20.8 Å². The second kappa shape index (κ2) is 6.46.